The van der Waals surface area contributed by atoms with Gasteiger partial charge < -0.3 is 4.74 Å². The van der Waals surface area contributed by atoms with Gasteiger partial charge in [-0.05, 0) is 23.6 Å². The molecule has 0 saturated carbocycles. The van der Waals surface area contributed by atoms with Gasteiger partial charge in [-0.25, -0.2) is 18.4 Å². The Morgan fingerprint density at radius 1 is 1.22 bits per heavy atom. The van der Waals surface area contributed by atoms with Crippen molar-refractivity contribution in [3.63, 3.8) is 0 Å². The molecular weight excluding hydrogens is 392 g/mol. The molecule has 0 bridgehead atoms. The van der Waals surface area contributed by atoms with Crippen molar-refractivity contribution in [1.82, 2.24) is 14.3 Å². The molecule has 1 aromatic carbocycles. The molecule has 2 heterocycles. The van der Waals surface area contributed by atoms with Crippen LogP contribution in [0.3, 0.4) is 0 Å². The highest BCUT2D eigenvalue weighted by Gasteiger charge is 2.27. The van der Waals surface area contributed by atoms with Gasteiger partial charge in [0.2, 0.25) is 21.7 Å². The van der Waals surface area contributed by atoms with Gasteiger partial charge in [0.15, 0.2) is 0 Å². The molecule has 0 fully saturated rings. The summed E-state index contributed by atoms with van der Waals surface area (Å²) in [5.74, 6) is 0.0874. The van der Waals surface area contributed by atoms with E-state index in [9.17, 15) is 18.5 Å². The summed E-state index contributed by atoms with van der Waals surface area (Å²) in [6.45, 7) is 3.94. The average molecular weight is 408 g/mol. The van der Waals surface area contributed by atoms with Crippen molar-refractivity contribution in [3.8, 4) is 11.6 Å². The summed E-state index contributed by atoms with van der Waals surface area (Å²) in [5.41, 5.74) is 0.208. The molecule has 27 heavy (non-hydrogen) atoms. The predicted octanol–water partition coefficient (Wildman–Crippen LogP) is 3.42. The number of thiophene rings is 1. The molecule has 0 spiro atoms. The van der Waals surface area contributed by atoms with Crippen LogP contribution in [-0.2, 0) is 10.0 Å². The molecule has 3 rings (SSSR count). The molecule has 0 atom stereocenters. The van der Waals surface area contributed by atoms with E-state index in [4.69, 9.17) is 4.74 Å². The first-order chi connectivity index (χ1) is 12.9. The zero-order valence-corrected chi connectivity index (χ0v) is 16.2. The first-order valence-electron chi connectivity index (χ1n) is 8.03. The van der Waals surface area contributed by atoms with Crippen molar-refractivity contribution in [2.45, 2.75) is 18.7 Å². The van der Waals surface area contributed by atoms with Gasteiger partial charge >= 0.3 is 5.69 Å². The minimum Gasteiger partial charge on any atom is -0.430 e. The predicted molar refractivity (Wildman–Crippen MR) is 101 cm³/mol. The summed E-state index contributed by atoms with van der Waals surface area (Å²) in [5, 5.41) is 13.3. The van der Waals surface area contributed by atoms with Gasteiger partial charge in [0.1, 0.15) is 11.0 Å². The highest BCUT2D eigenvalue weighted by molar-refractivity contribution is 7.89. The van der Waals surface area contributed by atoms with Gasteiger partial charge in [-0.15, -0.1) is 11.3 Å². The molecule has 3 aromatic rings. The maximum atomic E-state index is 12.6. The number of sulfonamides is 1. The largest absolute Gasteiger partial charge is 0.430 e. The minimum absolute atomic E-state index is 0.0908. The Morgan fingerprint density at radius 3 is 2.63 bits per heavy atom. The quantitative estimate of drug-likeness (QED) is 0.434. The van der Waals surface area contributed by atoms with Crippen LogP contribution in [0.4, 0.5) is 5.69 Å². The zero-order valence-electron chi connectivity index (χ0n) is 14.5. The smallest absolute Gasteiger partial charge is 0.312 e. The van der Waals surface area contributed by atoms with Crippen LogP contribution in [0.2, 0.25) is 0 Å². The summed E-state index contributed by atoms with van der Waals surface area (Å²) in [6.07, 6.45) is 1.30. The van der Waals surface area contributed by atoms with Crippen LogP contribution >= 0.6 is 11.3 Å². The molecule has 0 aliphatic rings. The number of nitro groups is 1. The Labute approximate surface area is 159 Å². The van der Waals surface area contributed by atoms with E-state index in [2.05, 4.69) is 9.97 Å². The third kappa shape index (κ3) is 3.61. The molecule has 11 heteroatoms. The van der Waals surface area contributed by atoms with Crippen LogP contribution < -0.4 is 4.74 Å². The number of aromatic nitrogens is 2. The molecule has 0 aliphatic carbocycles. The summed E-state index contributed by atoms with van der Waals surface area (Å²) < 4.78 is 32.8. The van der Waals surface area contributed by atoms with Crippen molar-refractivity contribution in [3.05, 3.63) is 46.1 Å². The topological polar surface area (TPSA) is 116 Å². The molecular formula is C16H16N4O5S2. The van der Waals surface area contributed by atoms with Gasteiger partial charge in [0.25, 0.3) is 0 Å². The highest BCUT2D eigenvalue weighted by Crippen LogP contribution is 2.36. The molecule has 0 saturated heterocycles. The normalized spacial score (nSPS) is 11.8. The van der Waals surface area contributed by atoms with Crippen molar-refractivity contribution >= 4 is 37.3 Å². The third-order valence-electron chi connectivity index (χ3n) is 3.89. The number of fused-ring (bicyclic) bond motifs is 1. The van der Waals surface area contributed by atoms with Crippen LogP contribution in [0.15, 0.2) is 40.9 Å². The van der Waals surface area contributed by atoms with E-state index in [1.807, 2.05) is 0 Å². The Balaban J connectivity index is 2.05. The second kappa shape index (κ2) is 7.55. The lowest BCUT2D eigenvalue weighted by molar-refractivity contribution is -0.385. The molecule has 0 N–H and O–H groups in total. The van der Waals surface area contributed by atoms with E-state index in [0.29, 0.717) is 10.2 Å². The van der Waals surface area contributed by atoms with Gasteiger partial charge in [0.05, 0.1) is 15.3 Å². The summed E-state index contributed by atoms with van der Waals surface area (Å²) in [6, 6.07) is 5.36. The summed E-state index contributed by atoms with van der Waals surface area (Å²) in [7, 11) is -3.82. The fourth-order valence-electron chi connectivity index (χ4n) is 2.54. The number of nitrogens with zero attached hydrogens (tertiary/aromatic N) is 4. The SMILES string of the molecule is CCN(CC)S(=O)(=O)c1ccc(Oc2ncnc3ccsc23)c([N+](=O)[O-])c1. The number of rotatable bonds is 7. The van der Waals surface area contributed by atoms with E-state index in [0.717, 1.165) is 6.07 Å². The molecule has 0 radical (unpaired) electrons. The Bertz CT molecular complexity index is 1090. The lowest BCUT2D eigenvalue weighted by Gasteiger charge is -2.18. The van der Waals surface area contributed by atoms with Crippen molar-refractivity contribution in [2.24, 2.45) is 0 Å². The summed E-state index contributed by atoms with van der Waals surface area (Å²) in [4.78, 5) is 18.8. The van der Waals surface area contributed by atoms with Gasteiger partial charge in [-0.3, -0.25) is 10.1 Å². The molecule has 0 aliphatic heterocycles. The van der Waals surface area contributed by atoms with Crippen LogP contribution in [0.5, 0.6) is 11.6 Å². The Morgan fingerprint density at radius 2 is 1.96 bits per heavy atom. The number of hydrogen-bond donors (Lipinski definition) is 0. The standard InChI is InChI=1S/C16H16N4O5S2/c1-3-19(4-2)27(23,24)11-5-6-14(13(9-11)20(21)22)25-16-15-12(7-8-26-15)17-10-18-16/h5-10H,3-4H2,1-2H3. The number of ether oxygens (including phenoxy) is 1. The summed E-state index contributed by atoms with van der Waals surface area (Å²) >= 11 is 1.34. The van der Waals surface area contributed by atoms with Crippen LogP contribution in [0.1, 0.15) is 13.8 Å². The average Bonchev–Trinajstić information content (AvgIpc) is 3.12. The first-order valence-corrected chi connectivity index (χ1v) is 10.3. The molecule has 9 nitrogen and oxygen atoms in total. The Kier molecular flexibility index (Phi) is 5.35. The molecule has 2 aromatic heterocycles. The molecule has 0 amide bonds. The molecule has 0 unspecified atom stereocenters. The highest BCUT2D eigenvalue weighted by atomic mass is 32.2. The van der Waals surface area contributed by atoms with E-state index >= 15 is 0 Å². The Hall–Kier alpha value is -2.63. The van der Waals surface area contributed by atoms with Gasteiger partial charge in [0, 0.05) is 19.2 Å². The lowest BCUT2D eigenvalue weighted by atomic mass is 10.3. The fourth-order valence-corrected chi connectivity index (χ4v) is 4.79. The number of benzene rings is 1. The first kappa shape index (κ1) is 19.1. The second-order valence-corrected chi connectivity index (χ2v) is 8.25. The van der Waals surface area contributed by atoms with Crippen LogP contribution in [0, 0.1) is 10.1 Å². The third-order valence-corrected chi connectivity index (χ3v) is 6.82. The lowest BCUT2D eigenvalue weighted by Crippen LogP contribution is -2.30. The van der Waals surface area contributed by atoms with E-state index in [1.54, 1.807) is 25.3 Å². The van der Waals surface area contributed by atoms with E-state index in [-0.39, 0.29) is 29.6 Å². The van der Waals surface area contributed by atoms with Gasteiger partial charge in [-0.2, -0.15) is 4.31 Å². The van der Waals surface area contributed by atoms with Gasteiger partial charge in [-0.1, -0.05) is 13.8 Å². The van der Waals surface area contributed by atoms with Crippen LogP contribution in [0.25, 0.3) is 10.2 Å². The number of hydrogen-bond acceptors (Lipinski definition) is 8. The second-order valence-electron chi connectivity index (χ2n) is 5.39. The number of nitro benzene ring substituents is 1. The van der Waals surface area contributed by atoms with E-state index in [1.165, 1.54) is 34.1 Å². The van der Waals surface area contributed by atoms with Crippen molar-refractivity contribution < 1.29 is 18.1 Å². The molecule has 142 valence electrons. The fraction of sp³-hybridized carbons (Fsp3) is 0.250. The zero-order chi connectivity index (χ0) is 19.6. The van der Waals surface area contributed by atoms with Crippen molar-refractivity contribution in [1.29, 1.82) is 0 Å². The van der Waals surface area contributed by atoms with E-state index < -0.39 is 20.6 Å². The van der Waals surface area contributed by atoms with Crippen molar-refractivity contribution in [2.75, 3.05) is 13.1 Å². The minimum atomic E-state index is -3.82. The maximum Gasteiger partial charge on any atom is 0.312 e. The monoisotopic (exact) mass is 408 g/mol. The van der Waals surface area contributed by atoms with Crippen LogP contribution in [-0.4, -0.2) is 40.7 Å². The maximum absolute atomic E-state index is 12.6.